The lowest BCUT2D eigenvalue weighted by atomic mass is 10.00. The van der Waals surface area contributed by atoms with E-state index in [0.29, 0.717) is 5.57 Å². The lowest BCUT2D eigenvalue weighted by Crippen LogP contribution is -2.16. The number of fused-ring (bicyclic) bond motifs is 2. The number of hydrazine groups is 1. The Kier molecular flexibility index (Phi) is 4.43. The zero-order valence-electron chi connectivity index (χ0n) is 15.4. The third-order valence-corrected chi connectivity index (χ3v) is 5.51. The molecule has 5 heteroatoms. The number of carbonyl (C=O) groups excluding carboxylic acids is 1. The molecule has 1 unspecified atom stereocenters. The van der Waals surface area contributed by atoms with Crippen molar-refractivity contribution in [3.8, 4) is 0 Å². The molecule has 4 nitrogen and oxygen atoms in total. The van der Waals surface area contributed by atoms with Crippen molar-refractivity contribution in [1.82, 2.24) is 5.43 Å². The van der Waals surface area contributed by atoms with Gasteiger partial charge in [-0.25, -0.2) is 5.43 Å². The van der Waals surface area contributed by atoms with E-state index in [9.17, 15) is 4.79 Å². The number of hydrogen-bond acceptors (Lipinski definition) is 3. The highest BCUT2D eigenvalue weighted by molar-refractivity contribution is 6.35. The van der Waals surface area contributed by atoms with Gasteiger partial charge in [0.2, 0.25) is 0 Å². The van der Waals surface area contributed by atoms with E-state index in [1.54, 1.807) is 0 Å². The first-order valence-corrected chi connectivity index (χ1v) is 9.77. The van der Waals surface area contributed by atoms with Gasteiger partial charge < -0.3 is 10.7 Å². The quantitative estimate of drug-likeness (QED) is 0.508. The number of carbonyl (C=O) groups is 1. The molecular weight excluding hydrogens is 382 g/mol. The van der Waals surface area contributed by atoms with Crippen LogP contribution >= 0.6 is 11.6 Å². The van der Waals surface area contributed by atoms with Gasteiger partial charge in [0.25, 0.3) is 5.91 Å². The summed E-state index contributed by atoms with van der Waals surface area (Å²) in [4.78, 5) is 12.3. The van der Waals surface area contributed by atoms with Crippen LogP contribution in [0.1, 0.15) is 28.3 Å². The van der Waals surface area contributed by atoms with Gasteiger partial charge in [-0.05, 0) is 41.0 Å². The predicted octanol–water partition coefficient (Wildman–Crippen LogP) is 5.52. The molecule has 3 N–H and O–H groups in total. The zero-order chi connectivity index (χ0) is 19.8. The third kappa shape index (κ3) is 3.33. The summed E-state index contributed by atoms with van der Waals surface area (Å²) in [6, 6.07) is 21.7. The van der Waals surface area contributed by atoms with Gasteiger partial charge in [0, 0.05) is 21.8 Å². The minimum atomic E-state index is -0.0710. The average molecular weight is 400 g/mol. The van der Waals surface area contributed by atoms with E-state index in [-0.39, 0.29) is 11.9 Å². The van der Waals surface area contributed by atoms with Gasteiger partial charge in [-0.1, -0.05) is 72.3 Å². The van der Waals surface area contributed by atoms with Crippen molar-refractivity contribution in [2.45, 2.75) is 6.04 Å². The highest BCUT2D eigenvalue weighted by Gasteiger charge is 2.24. The molecule has 0 saturated carbocycles. The van der Waals surface area contributed by atoms with E-state index in [1.165, 1.54) is 0 Å². The third-order valence-electron chi connectivity index (χ3n) is 5.17. The fourth-order valence-corrected chi connectivity index (χ4v) is 3.89. The van der Waals surface area contributed by atoms with Gasteiger partial charge in [-0.15, -0.1) is 0 Å². The first-order valence-electron chi connectivity index (χ1n) is 9.40. The molecule has 1 atom stereocenters. The predicted molar refractivity (Wildman–Crippen MR) is 119 cm³/mol. The summed E-state index contributed by atoms with van der Waals surface area (Å²) in [7, 11) is 0. The Morgan fingerprint density at radius 2 is 1.76 bits per heavy atom. The Balaban J connectivity index is 1.42. The molecule has 2 heterocycles. The van der Waals surface area contributed by atoms with E-state index in [4.69, 9.17) is 11.6 Å². The normalized spacial score (nSPS) is 18.6. The highest BCUT2D eigenvalue weighted by atomic mass is 35.5. The number of para-hydroxylation sites is 1. The number of nitrogens with one attached hydrogen (secondary N) is 3. The van der Waals surface area contributed by atoms with E-state index in [1.807, 2.05) is 72.8 Å². The van der Waals surface area contributed by atoms with Crippen molar-refractivity contribution in [1.29, 1.82) is 0 Å². The molecule has 142 valence electrons. The van der Waals surface area contributed by atoms with Crippen molar-refractivity contribution in [2.24, 2.45) is 0 Å². The fourth-order valence-electron chi connectivity index (χ4n) is 3.69. The largest absolute Gasteiger partial charge is 0.321 e. The Morgan fingerprint density at radius 3 is 2.66 bits per heavy atom. The molecule has 0 saturated heterocycles. The van der Waals surface area contributed by atoms with Crippen LogP contribution in [0.5, 0.6) is 0 Å². The van der Waals surface area contributed by atoms with Crippen LogP contribution in [0, 0.1) is 0 Å². The van der Waals surface area contributed by atoms with Gasteiger partial charge in [0.15, 0.2) is 0 Å². The van der Waals surface area contributed by atoms with Crippen molar-refractivity contribution >= 4 is 46.6 Å². The molecule has 2 aliphatic heterocycles. The van der Waals surface area contributed by atoms with Crippen LogP contribution in [0.2, 0.25) is 5.02 Å². The molecule has 1 amide bonds. The van der Waals surface area contributed by atoms with Gasteiger partial charge in [0.05, 0.1) is 11.7 Å². The molecule has 29 heavy (non-hydrogen) atoms. The molecule has 0 spiro atoms. The first kappa shape index (κ1) is 17.7. The van der Waals surface area contributed by atoms with Gasteiger partial charge in [-0.3, -0.25) is 4.79 Å². The highest BCUT2D eigenvalue weighted by Crippen LogP contribution is 2.35. The minimum Gasteiger partial charge on any atom is -0.321 e. The molecule has 5 rings (SSSR count). The Bertz CT molecular complexity index is 1180. The SMILES string of the molecule is O=C1Nc2ccccc2/C1=C\c1ccc2c(c1)NNC2/C=C/c1ccccc1Cl. The summed E-state index contributed by atoms with van der Waals surface area (Å²) in [5.41, 5.74) is 13.1. The number of rotatable bonds is 3. The van der Waals surface area contributed by atoms with E-state index < -0.39 is 0 Å². The summed E-state index contributed by atoms with van der Waals surface area (Å²) >= 11 is 6.23. The second-order valence-electron chi connectivity index (χ2n) is 7.03. The van der Waals surface area contributed by atoms with Crippen molar-refractivity contribution in [2.75, 3.05) is 10.7 Å². The standard InChI is InChI=1S/C24H18ClN3O/c25-20-7-3-1-5-16(20)10-12-22-18-11-9-15(14-23(18)28-27-22)13-19-17-6-2-4-8-21(17)26-24(19)29/h1-14,22,27-28H,(H,26,29)/b12-10+,19-13+. The molecule has 2 aliphatic rings. The second kappa shape index (κ2) is 7.24. The van der Waals surface area contributed by atoms with Crippen LogP contribution in [0.3, 0.4) is 0 Å². The number of benzene rings is 3. The van der Waals surface area contributed by atoms with Gasteiger partial charge in [-0.2, -0.15) is 0 Å². The summed E-state index contributed by atoms with van der Waals surface area (Å²) < 4.78 is 0. The van der Waals surface area contributed by atoms with Crippen molar-refractivity contribution in [3.63, 3.8) is 0 Å². The maximum atomic E-state index is 12.3. The average Bonchev–Trinajstić information content (AvgIpc) is 3.28. The van der Waals surface area contributed by atoms with Crippen LogP contribution in [-0.4, -0.2) is 5.91 Å². The fraction of sp³-hybridized carbons (Fsp3) is 0.0417. The van der Waals surface area contributed by atoms with Crippen LogP contribution in [-0.2, 0) is 4.79 Å². The molecule has 0 aliphatic carbocycles. The number of hydrogen-bond donors (Lipinski definition) is 3. The van der Waals surface area contributed by atoms with E-state index in [2.05, 4.69) is 28.3 Å². The lowest BCUT2D eigenvalue weighted by Gasteiger charge is -2.06. The molecule has 0 bridgehead atoms. The van der Waals surface area contributed by atoms with Gasteiger partial charge in [0.1, 0.15) is 0 Å². The molecule has 0 aromatic heterocycles. The van der Waals surface area contributed by atoms with Crippen LogP contribution < -0.4 is 16.2 Å². The van der Waals surface area contributed by atoms with Crippen molar-refractivity contribution < 1.29 is 4.79 Å². The number of amides is 1. The zero-order valence-corrected chi connectivity index (χ0v) is 16.2. The lowest BCUT2D eigenvalue weighted by molar-refractivity contribution is -0.110. The number of halogens is 1. The maximum absolute atomic E-state index is 12.3. The summed E-state index contributed by atoms with van der Waals surface area (Å²) in [5, 5.41) is 3.64. The van der Waals surface area contributed by atoms with Crippen LogP contribution in [0.15, 0.2) is 72.8 Å². The summed E-state index contributed by atoms with van der Waals surface area (Å²) in [6.45, 7) is 0. The Morgan fingerprint density at radius 1 is 0.931 bits per heavy atom. The van der Waals surface area contributed by atoms with Gasteiger partial charge >= 0.3 is 0 Å². The Labute approximate surface area is 173 Å². The smallest absolute Gasteiger partial charge is 0.256 e. The Hall–Kier alpha value is -3.34. The van der Waals surface area contributed by atoms with Crippen LogP contribution in [0.25, 0.3) is 17.7 Å². The summed E-state index contributed by atoms with van der Waals surface area (Å²) in [6.07, 6.45) is 6.03. The molecule has 0 radical (unpaired) electrons. The minimum absolute atomic E-state index is 0.0403. The molecule has 3 aromatic rings. The number of anilines is 2. The molecular formula is C24H18ClN3O. The van der Waals surface area contributed by atoms with Crippen LogP contribution in [0.4, 0.5) is 11.4 Å². The molecule has 3 aromatic carbocycles. The monoisotopic (exact) mass is 399 g/mol. The summed E-state index contributed by atoms with van der Waals surface area (Å²) in [5.74, 6) is -0.0710. The van der Waals surface area contributed by atoms with Crippen molar-refractivity contribution in [3.05, 3.63) is 100 Å². The maximum Gasteiger partial charge on any atom is 0.256 e. The topological polar surface area (TPSA) is 53.2 Å². The molecule has 0 fully saturated rings. The van der Waals surface area contributed by atoms with E-state index >= 15 is 0 Å². The second-order valence-corrected chi connectivity index (χ2v) is 7.44. The first-order chi connectivity index (χ1) is 14.2. The van der Waals surface area contributed by atoms with E-state index in [0.717, 1.165) is 38.7 Å².